The van der Waals surface area contributed by atoms with Crippen LogP contribution in [-0.4, -0.2) is 0 Å². The van der Waals surface area contributed by atoms with E-state index < -0.39 is 23.5 Å². The van der Waals surface area contributed by atoms with E-state index in [0.29, 0.717) is 12.1 Å². The highest BCUT2D eigenvalue weighted by Crippen LogP contribution is 2.40. The minimum atomic E-state index is -5.09. The SMILES string of the molecule is C#Cc1ccc(C(F)(F)F)c(C(F)(F)F)c1. The average Bonchev–Trinajstić information content (AvgIpc) is 2.14. The molecule has 1 aromatic rings. The van der Waals surface area contributed by atoms with Gasteiger partial charge in [-0.05, 0) is 18.2 Å². The van der Waals surface area contributed by atoms with Gasteiger partial charge in [-0.15, -0.1) is 6.42 Å². The first-order valence-electron chi connectivity index (χ1n) is 3.91. The minimum absolute atomic E-state index is 0.250. The van der Waals surface area contributed by atoms with E-state index in [2.05, 4.69) is 0 Å². The summed E-state index contributed by atoms with van der Waals surface area (Å²) in [5.41, 5.74) is -3.75. The minimum Gasteiger partial charge on any atom is -0.166 e. The van der Waals surface area contributed by atoms with Crippen molar-refractivity contribution in [2.24, 2.45) is 0 Å². The maximum absolute atomic E-state index is 12.3. The van der Waals surface area contributed by atoms with E-state index >= 15 is 0 Å². The lowest BCUT2D eigenvalue weighted by molar-refractivity contribution is -0.162. The molecule has 0 unspecified atom stereocenters. The maximum atomic E-state index is 12.3. The highest BCUT2D eigenvalue weighted by molar-refractivity contribution is 5.42. The molecule has 0 aromatic heterocycles. The van der Waals surface area contributed by atoms with Crippen LogP contribution in [0.4, 0.5) is 26.3 Å². The van der Waals surface area contributed by atoms with Crippen LogP contribution in [-0.2, 0) is 12.4 Å². The van der Waals surface area contributed by atoms with Gasteiger partial charge in [-0.25, -0.2) is 0 Å². The zero-order valence-corrected chi connectivity index (χ0v) is 7.58. The number of terminal acetylenes is 1. The molecule has 1 aromatic carbocycles. The lowest BCUT2D eigenvalue weighted by Gasteiger charge is -2.15. The molecule has 1 rings (SSSR count). The molecular weight excluding hydrogens is 234 g/mol. The molecule has 0 N–H and O–H groups in total. The highest BCUT2D eigenvalue weighted by atomic mass is 19.4. The van der Waals surface area contributed by atoms with Crippen molar-refractivity contribution in [2.45, 2.75) is 12.4 Å². The Kier molecular flexibility index (Phi) is 2.91. The van der Waals surface area contributed by atoms with E-state index in [1.165, 1.54) is 0 Å². The van der Waals surface area contributed by atoms with Gasteiger partial charge >= 0.3 is 12.4 Å². The van der Waals surface area contributed by atoms with E-state index in [0.717, 1.165) is 6.07 Å². The van der Waals surface area contributed by atoms with Gasteiger partial charge in [-0.2, -0.15) is 26.3 Å². The fourth-order valence-corrected chi connectivity index (χ4v) is 1.12. The zero-order valence-electron chi connectivity index (χ0n) is 7.58. The highest BCUT2D eigenvalue weighted by Gasteiger charge is 2.42. The Bertz CT molecular complexity index is 432. The van der Waals surface area contributed by atoms with Crippen LogP contribution in [0.1, 0.15) is 16.7 Å². The number of hydrogen-bond acceptors (Lipinski definition) is 0. The standard InChI is InChI=1S/C10H4F6/c1-2-6-3-4-7(9(11,12)13)8(5-6)10(14,15)16/h1,3-5H. The molecule has 0 amide bonds. The second kappa shape index (κ2) is 3.74. The summed E-state index contributed by atoms with van der Waals surface area (Å²) in [7, 11) is 0. The van der Waals surface area contributed by atoms with Crippen LogP contribution in [0.2, 0.25) is 0 Å². The Balaban J connectivity index is 3.47. The number of hydrogen-bond donors (Lipinski definition) is 0. The summed E-state index contributed by atoms with van der Waals surface area (Å²) in [5.74, 6) is 1.85. The molecular formula is C10H4F6. The van der Waals surface area contributed by atoms with Crippen molar-refractivity contribution in [3.8, 4) is 12.3 Å². The Morgan fingerprint density at radius 2 is 1.38 bits per heavy atom. The fraction of sp³-hybridized carbons (Fsp3) is 0.200. The average molecular weight is 238 g/mol. The molecule has 0 fully saturated rings. The smallest absolute Gasteiger partial charge is 0.166 e. The van der Waals surface area contributed by atoms with Crippen molar-refractivity contribution in [1.29, 1.82) is 0 Å². The summed E-state index contributed by atoms with van der Waals surface area (Å²) < 4.78 is 73.8. The zero-order chi connectivity index (χ0) is 12.6. The van der Waals surface area contributed by atoms with E-state index in [-0.39, 0.29) is 5.56 Å². The van der Waals surface area contributed by atoms with Gasteiger partial charge in [-0.1, -0.05) is 5.92 Å². The van der Waals surface area contributed by atoms with Gasteiger partial charge in [0.05, 0.1) is 11.1 Å². The van der Waals surface area contributed by atoms with Gasteiger partial charge in [0.2, 0.25) is 0 Å². The van der Waals surface area contributed by atoms with Gasteiger partial charge in [0.15, 0.2) is 0 Å². The summed E-state index contributed by atoms with van der Waals surface area (Å²) in [4.78, 5) is 0. The van der Waals surface area contributed by atoms with Gasteiger partial charge in [0.25, 0.3) is 0 Å². The second-order valence-corrected chi connectivity index (χ2v) is 2.90. The van der Waals surface area contributed by atoms with Crippen molar-refractivity contribution in [1.82, 2.24) is 0 Å². The van der Waals surface area contributed by atoms with Crippen LogP contribution < -0.4 is 0 Å². The molecule has 0 aliphatic heterocycles. The van der Waals surface area contributed by atoms with Crippen LogP contribution in [0.15, 0.2) is 18.2 Å². The predicted molar refractivity (Wildman–Crippen MR) is 44.4 cm³/mol. The molecule has 6 heteroatoms. The molecule has 0 radical (unpaired) electrons. The van der Waals surface area contributed by atoms with Crippen molar-refractivity contribution in [2.75, 3.05) is 0 Å². The molecule has 0 bridgehead atoms. The Morgan fingerprint density at radius 3 is 1.75 bits per heavy atom. The Morgan fingerprint density at radius 1 is 0.875 bits per heavy atom. The predicted octanol–water partition coefficient (Wildman–Crippen LogP) is 3.71. The van der Waals surface area contributed by atoms with E-state index in [1.54, 1.807) is 0 Å². The number of benzene rings is 1. The third kappa shape index (κ3) is 2.48. The van der Waals surface area contributed by atoms with Gasteiger partial charge < -0.3 is 0 Å². The number of rotatable bonds is 0. The van der Waals surface area contributed by atoms with Crippen molar-refractivity contribution in [3.05, 3.63) is 34.9 Å². The van der Waals surface area contributed by atoms with Crippen molar-refractivity contribution in [3.63, 3.8) is 0 Å². The molecule has 0 aliphatic carbocycles. The molecule has 16 heavy (non-hydrogen) atoms. The first-order chi connectivity index (χ1) is 7.16. The molecule has 0 nitrogen and oxygen atoms in total. The molecule has 0 heterocycles. The summed E-state index contributed by atoms with van der Waals surface area (Å²) >= 11 is 0. The molecule has 0 aliphatic rings. The van der Waals surface area contributed by atoms with Gasteiger partial charge in [0.1, 0.15) is 0 Å². The molecule has 0 atom stereocenters. The van der Waals surface area contributed by atoms with Crippen LogP contribution >= 0.6 is 0 Å². The Labute approximate surface area is 86.9 Å². The van der Waals surface area contributed by atoms with E-state index in [1.807, 2.05) is 5.92 Å². The van der Waals surface area contributed by atoms with Gasteiger partial charge in [0, 0.05) is 5.56 Å². The molecule has 0 saturated carbocycles. The largest absolute Gasteiger partial charge is 0.417 e. The summed E-state index contributed by atoms with van der Waals surface area (Å²) in [6.45, 7) is 0. The van der Waals surface area contributed by atoms with Crippen LogP contribution in [0, 0.1) is 12.3 Å². The normalized spacial score (nSPS) is 12.3. The van der Waals surface area contributed by atoms with Crippen molar-refractivity contribution < 1.29 is 26.3 Å². The lowest BCUT2D eigenvalue weighted by atomic mass is 10.0. The second-order valence-electron chi connectivity index (χ2n) is 2.90. The summed E-state index contributed by atoms with van der Waals surface area (Å²) in [5, 5.41) is 0. The fourth-order valence-electron chi connectivity index (χ4n) is 1.12. The lowest BCUT2D eigenvalue weighted by Crippen LogP contribution is -2.16. The maximum Gasteiger partial charge on any atom is 0.417 e. The first-order valence-corrected chi connectivity index (χ1v) is 3.91. The monoisotopic (exact) mass is 238 g/mol. The Hall–Kier alpha value is -1.64. The first kappa shape index (κ1) is 12.4. The van der Waals surface area contributed by atoms with Gasteiger partial charge in [-0.3, -0.25) is 0 Å². The van der Waals surface area contributed by atoms with Crippen LogP contribution in [0.25, 0.3) is 0 Å². The number of halogens is 6. The van der Waals surface area contributed by atoms with E-state index in [4.69, 9.17) is 6.42 Å². The summed E-state index contributed by atoms with van der Waals surface area (Å²) in [6, 6.07) is 1.46. The van der Waals surface area contributed by atoms with E-state index in [9.17, 15) is 26.3 Å². The van der Waals surface area contributed by atoms with Crippen molar-refractivity contribution >= 4 is 0 Å². The molecule has 0 spiro atoms. The number of alkyl halides is 6. The molecule has 0 saturated heterocycles. The summed E-state index contributed by atoms with van der Waals surface area (Å²) in [6.07, 6.45) is -5.32. The quantitative estimate of drug-likeness (QED) is 0.477. The van der Waals surface area contributed by atoms with Crippen LogP contribution in [0.3, 0.4) is 0 Å². The topological polar surface area (TPSA) is 0 Å². The van der Waals surface area contributed by atoms with Crippen LogP contribution in [0.5, 0.6) is 0 Å². The third-order valence-corrected chi connectivity index (χ3v) is 1.80. The molecule has 86 valence electrons. The third-order valence-electron chi connectivity index (χ3n) is 1.80.